The lowest BCUT2D eigenvalue weighted by Gasteiger charge is -2.20. The third-order valence-corrected chi connectivity index (χ3v) is 2.85. The summed E-state index contributed by atoms with van der Waals surface area (Å²) in [5.41, 5.74) is 0.745. The number of pyridine rings is 1. The van der Waals surface area contributed by atoms with E-state index in [0.717, 1.165) is 31.4 Å². The lowest BCUT2D eigenvalue weighted by molar-refractivity contribution is 0.426. The van der Waals surface area contributed by atoms with E-state index in [4.69, 9.17) is 0 Å². The van der Waals surface area contributed by atoms with Crippen LogP contribution in [0.4, 0.5) is 4.39 Å². The van der Waals surface area contributed by atoms with Gasteiger partial charge < -0.3 is 5.32 Å². The second-order valence-corrected chi connectivity index (χ2v) is 4.88. The van der Waals surface area contributed by atoms with Crippen molar-refractivity contribution in [2.45, 2.75) is 46.1 Å². The first-order chi connectivity index (χ1) is 8.15. The fraction of sp³-hybridized carbons (Fsp3) is 0.643. The van der Waals surface area contributed by atoms with Gasteiger partial charge in [0.2, 0.25) is 0 Å². The molecule has 1 aromatic rings. The maximum absolute atomic E-state index is 13.7. The van der Waals surface area contributed by atoms with Crippen molar-refractivity contribution in [2.75, 3.05) is 6.54 Å². The summed E-state index contributed by atoms with van der Waals surface area (Å²) in [6.07, 6.45) is 6.09. The molecule has 1 unspecified atom stereocenters. The molecule has 1 aromatic heterocycles. The Morgan fingerprint density at radius 1 is 1.35 bits per heavy atom. The molecule has 1 N–H and O–H groups in total. The summed E-state index contributed by atoms with van der Waals surface area (Å²) in [6, 6.07) is 1.89. The summed E-state index contributed by atoms with van der Waals surface area (Å²) < 4.78 is 13.7. The quantitative estimate of drug-likeness (QED) is 0.783. The van der Waals surface area contributed by atoms with Gasteiger partial charge in [0.25, 0.3) is 0 Å². The molecule has 0 radical (unpaired) electrons. The highest BCUT2D eigenvalue weighted by molar-refractivity contribution is 5.17. The van der Waals surface area contributed by atoms with E-state index in [2.05, 4.69) is 31.1 Å². The van der Waals surface area contributed by atoms with Gasteiger partial charge in [0.1, 0.15) is 5.82 Å². The lowest BCUT2D eigenvalue weighted by atomic mass is 9.98. The summed E-state index contributed by atoms with van der Waals surface area (Å²) in [5.74, 6) is 0.440. The Kier molecular flexibility index (Phi) is 6.12. The van der Waals surface area contributed by atoms with Crippen molar-refractivity contribution in [3.63, 3.8) is 0 Å². The molecule has 2 nitrogen and oxygen atoms in total. The van der Waals surface area contributed by atoms with E-state index in [1.165, 1.54) is 6.20 Å². The topological polar surface area (TPSA) is 24.9 Å². The standard InChI is InChI=1S/C14H23FN2/c1-4-8-17-14(6-5-11(2)3)12-7-9-16-10-13(12)15/h7,9-11,14,17H,4-6,8H2,1-3H3. The summed E-state index contributed by atoms with van der Waals surface area (Å²) in [6.45, 7) is 7.43. The van der Waals surface area contributed by atoms with Crippen molar-refractivity contribution in [3.8, 4) is 0 Å². The van der Waals surface area contributed by atoms with Crippen molar-refractivity contribution in [1.82, 2.24) is 10.3 Å². The van der Waals surface area contributed by atoms with Gasteiger partial charge in [0.05, 0.1) is 6.20 Å². The number of halogens is 1. The average Bonchev–Trinajstić information content (AvgIpc) is 2.30. The Morgan fingerprint density at radius 3 is 2.71 bits per heavy atom. The van der Waals surface area contributed by atoms with Crippen molar-refractivity contribution >= 4 is 0 Å². The predicted octanol–water partition coefficient (Wildman–Crippen LogP) is 3.70. The molecule has 0 aliphatic rings. The van der Waals surface area contributed by atoms with Crippen LogP contribution < -0.4 is 5.32 Å². The van der Waals surface area contributed by atoms with Gasteiger partial charge in [-0.25, -0.2) is 4.39 Å². The maximum Gasteiger partial charge on any atom is 0.146 e. The van der Waals surface area contributed by atoms with Crippen LogP contribution >= 0.6 is 0 Å². The molecule has 1 heterocycles. The fourth-order valence-electron chi connectivity index (χ4n) is 1.85. The van der Waals surface area contributed by atoms with E-state index in [1.807, 2.05) is 0 Å². The van der Waals surface area contributed by atoms with Gasteiger partial charge in [0.15, 0.2) is 0 Å². The van der Waals surface area contributed by atoms with Gasteiger partial charge in [-0.1, -0.05) is 20.8 Å². The molecule has 0 saturated heterocycles. The normalized spacial score (nSPS) is 13.0. The number of rotatable bonds is 7. The van der Waals surface area contributed by atoms with Crippen molar-refractivity contribution in [3.05, 3.63) is 29.8 Å². The van der Waals surface area contributed by atoms with Crippen LogP contribution in [0.2, 0.25) is 0 Å². The molecule has 1 rings (SSSR count). The van der Waals surface area contributed by atoms with E-state index in [-0.39, 0.29) is 11.9 Å². The Labute approximate surface area is 104 Å². The van der Waals surface area contributed by atoms with Crippen molar-refractivity contribution < 1.29 is 4.39 Å². The van der Waals surface area contributed by atoms with Gasteiger partial charge in [-0.15, -0.1) is 0 Å². The van der Waals surface area contributed by atoms with Crippen LogP contribution in [-0.2, 0) is 0 Å². The number of aromatic nitrogens is 1. The van der Waals surface area contributed by atoms with Crippen LogP contribution in [0.3, 0.4) is 0 Å². The van der Waals surface area contributed by atoms with E-state index < -0.39 is 0 Å². The van der Waals surface area contributed by atoms with Gasteiger partial charge in [-0.3, -0.25) is 4.98 Å². The summed E-state index contributed by atoms with van der Waals surface area (Å²) in [7, 11) is 0. The van der Waals surface area contributed by atoms with Crippen LogP contribution in [0.5, 0.6) is 0 Å². The fourth-order valence-corrected chi connectivity index (χ4v) is 1.85. The summed E-state index contributed by atoms with van der Waals surface area (Å²) >= 11 is 0. The zero-order valence-electron chi connectivity index (χ0n) is 11.0. The summed E-state index contributed by atoms with van der Waals surface area (Å²) in [4.78, 5) is 3.80. The molecule has 1 atom stereocenters. The van der Waals surface area contributed by atoms with Crippen LogP contribution in [0, 0.1) is 11.7 Å². The summed E-state index contributed by atoms with van der Waals surface area (Å²) in [5, 5.41) is 3.41. The highest BCUT2D eigenvalue weighted by Gasteiger charge is 2.15. The van der Waals surface area contributed by atoms with Gasteiger partial charge in [0, 0.05) is 17.8 Å². The van der Waals surface area contributed by atoms with Crippen LogP contribution in [0.1, 0.15) is 51.6 Å². The Balaban J connectivity index is 2.71. The smallest absolute Gasteiger partial charge is 0.146 e. The number of nitrogens with zero attached hydrogens (tertiary/aromatic N) is 1. The molecular weight excluding hydrogens is 215 g/mol. The number of nitrogens with one attached hydrogen (secondary N) is 1. The van der Waals surface area contributed by atoms with Crippen LogP contribution in [-0.4, -0.2) is 11.5 Å². The highest BCUT2D eigenvalue weighted by Crippen LogP contribution is 2.22. The largest absolute Gasteiger partial charge is 0.310 e. The molecule has 0 aromatic carbocycles. The van der Waals surface area contributed by atoms with Crippen molar-refractivity contribution in [2.24, 2.45) is 5.92 Å². The van der Waals surface area contributed by atoms with E-state index in [9.17, 15) is 4.39 Å². The van der Waals surface area contributed by atoms with Crippen molar-refractivity contribution in [1.29, 1.82) is 0 Å². The molecule has 0 fully saturated rings. The monoisotopic (exact) mass is 238 g/mol. The molecule has 17 heavy (non-hydrogen) atoms. The van der Waals surface area contributed by atoms with Crippen LogP contribution in [0.15, 0.2) is 18.5 Å². The first-order valence-corrected chi connectivity index (χ1v) is 6.48. The highest BCUT2D eigenvalue weighted by atomic mass is 19.1. The zero-order valence-corrected chi connectivity index (χ0v) is 11.0. The minimum Gasteiger partial charge on any atom is -0.310 e. The van der Waals surface area contributed by atoms with E-state index >= 15 is 0 Å². The predicted molar refractivity (Wildman–Crippen MR) is 69.3 cm³/mol. The molecule has 0 spiro atoms. The first-order valence-electron chi connectivity index (χ1n) is 6.48. The first kappa shape index (κ1) is 14.1. The zero-order chi connectivity index (χ0) is 12.7. The van der Waals surface area contributed by atoms with E-state index in [0.29, 0.717) is 5.92 Å². The third kappa shape index (κ3) is 4.82. The van der Waals surface area contributed by atoms with Gasteiger partial charge in [-0.2, -0.15) is 0 Å². The lowest BCUT2D eigenvalue weighted by Crippen LogP contribution is -2.23. The maximum atomic E-state index is 13.7. The Bertz CT molecular complexity index is 326. The molecule has 96 valence electrons. The third-order valence-electron chi connectivity index (χ3n) is 2.85. The second kappa shape index (κ2) is 7.38. The van der Waals surface area contributed by atoms with Gasteiger partial charge >= 0.3 is 0 Å². The molecule has 3 heteroatoms. The molecule has 0 aliphatic heterocycles. The van der Waals surface area contributed by atoms with E-state index in [1.54, 1.807) is 12.3 Å². The Hall–Kier alpha value is -0.960. The van der Waals surface area contributed by atoms with Gasteiger partial charge in [-0.05, 0) is 37.8 Å². The van der Waals surface area contributed by atoms with Crippen LogP contribution in [0.25, 0.3) is 0 Å². The minimum absolute atomic E-state index is 0.111. The molecule has 0 saturated carbocycles. The molecule has 0 bridgehead atoms. The second-order valence-electron chi connectivity index (χ2n) is 4.88. The molecular formula is C14H23FN2. The molecule has 0 aliphatic carbocycles. The Morgan fingerprint density at radius 2 is 2.12 bits per heavy atom. The number of hydrogen-bond donors (Lipinski definition) is 1. The molecule has 0 amide bonds. The average molecular weight is 238 g/mol. The number of hydrogen-bond acceptors (Lipinski definition) is 2. The minimum atomic E-state index is -0.204. The SMILES string of the molecule is CCCNC(CCC(C)C)c1ccncc1F.